The Hall–Kier alpha value is -2.91. The molecular formula is C39H56O10. The average molecular weight is 685 g/mol. The van der Waals surface area contributed by atoms with Crippen LogP contribution >= 0.6 is 0 Å². The fraction of sp³-hybridized carbons (Fsp3) is 0.821. The summed E-state index contributed by atoms with van der Waals surface area (Å²) in [6.45, 7) is 8.25. The van der Waals surface area contributed by atoms with E-state index >= 15 is 0 Å². The highest BCUT2D eigenvalue weighted by Crippen LogP contribution is 2.47. The zero-order valence-corrected chi connectivity index (χ0v) is 29.7. The molecule has 0 radical (unpaired) electrons. The van der Waals surface area contributed by atoms with Crippen molar-refractivity contribution in [3.05, 3.63) is 12.2 Å². The molecule has 5 unspecified atom stereocenters. The van der Waals surface area contributed by atoms with Crippen LogP contribution in [0.1, 0.15) is 111 Å². The highest BCUT2D eigenvalue weighted by Gasteiger charge is 2.50. The lowest BCUT2D eigenvalue weighted by molar-refractivity contribution is -0.170. The molecular weight excluding hydrogens is 628 g/mol. The van der Waals surface area contributed by atoms with Crippen molar-refractivity contribution in [1.29, 1.82) is 0 Å². The van der Waals surface area contributed by atoms with E-state index in [1.54, 1.807) is 0 Å². The molecule has 10 nitrogen and oxygen atoms in total. The van der Waals surface area contributed by atoms with E-state index in [2.05, 4.69) is 12.2 Å². The molecule has 10 heteroatoms. The first-order valence-corrected chi connectivity index (χ1v) is 18.9. The molecule has 9 aliphatic carbocycles. The van der Waals surface area contributed by atoms with Crippen molar-refractivity contribution < 1.29 is 48.0 Å². The van der Waals surface area contributed by atoms with Gasteiger partial charge in [-0.25, -0.2) is 9.59 Å². The molecule has 0 aromatic heterocycles. The number of carbonyl (C=O) groups excluding carboxylic acids is 4. The van der Waals surface area contributed by atoms with Gasteiger partial charge in [-0.2, -0.15) is 0 Å². The highest BCUT2D eigenvalue weighted by atomic mass is 16.6. The van der Waals surface area contributed by atoms with Gasteiger partial charge in [-0.3, -0.25) is 14.4 Å². The molecule has 2 heterocycles. The summed E-state index contributed by atoms with van der Waals surface area (Å²) in [6, 6.07) is 0. The lowest BCUT2D eigenvalue weighted by Crippen LogP contribution is -2.41. The second-order valence-corrected chi connectivity index (χ2v) is 17.6. The maximum Gasteiger partial charge on any atom is 0.348 e. The molecule has 0 aromatic rings. The summed E-state index contributed by atoms with van der Waals surface area (Å²) in [7, 11) is 0. The van der Waals surface area contributed by atoms with Crippen molar-refractivity contribution in [2.24, 2.45) is 64.1 Å². The van der Waals surface area contributed by atoms with Crippen LogP contribution in [0.3, 0.4) is 0 Å². The van der Waals surface area contributed by atoms with Crippen LogP contribution in [-0.2, 0) is 42.9 Å². The summed E-state index contributed by atoms with van der Waals surface area (Å²) in [4.78, 5) is 58.7. The molecule has 49 heavy (non-hydrogen) atoms. The standard InChI is InChI=1S/C15H22O4.C15H20O4.C9H14O2/c2*1-15(2)8-18-14(17)12(15)19-13(16)11-7-9-3-5-10(11)6-4-9;10-9(11)8-5-6-1-3-7(8)4-2-6/h9-12H,3-8H2,1-2H3;3,5,9-12H,4,6-8H2,1-2H3;6-8H,1-5H2,(H,10,11)/t2*9?,10?,11?,12-;/m00./s1. The molecule has 272 valence electrons. The molecule has 7 atom stereocenters. The zero-order valence-electron chi connectivity index (χ0n) is 29.7. The summed E-state index contributed by atoms with van der Waals surface area (Å²) >= 11 is 0. The van der Waals surface area contributed by atoms with Crippen LogP contribution < -0.4 is 0 Å². The van der Waals surface area contributed by atoms with Crippen LogP contribution in [0, 0.1) is 64.1 Å². The van der Waals surface area contributed by atoms with E-state index in [-0.39, 0.29) is 41.6 Å². The van der Waals surface area contributed by atoms with Crippen LogP contribution in [0.4, 0.5) is 0 Å². The van der Waals surface area contributed by atoms with Crippen molar-refractivity contribution in [3.8, 4) is 0 Å². The van der Waals surface area contributed by atoms with Crippen LogP contribution in [0.25, 0.3) is 0 Å². The van der Waals surface area contributed by atoms with Gasteiger partial charge in [-0.1, -0.05) is 65.5 Å². The van der Waals surface area contributed by atoms with Gasteiger partial charge in [0.15, 0.2) is 0 Å². The predicted octanol–water partition coefficient (Wildman–Crippen LogP) is 6.29. The number of esters is 4. The number of hydrogen-bond acceptors (Lipinski definition) is 9. The number of hydrogen-bond donors (Lipinski definition) is 1. The number of ether oxygens (including phenoxy) is 4. The normalized spacial score (nSPS) is 40.2. The Bertz CT molecular complexity index is 1300. The monoisotopic (exact) mass is 684 g/mol. The number of carboxylic acid groups (broad SMARTS) is 1. The molecule has 2 aliphatic heterocycles. The predicted molar refractivity (Wildman–Crippen MR) is 177 cm³/mol. The molecule has 11 aliphatic rings. The molecule has 2 saturated heterocycles. The Morgan fingerprint density at radius 1 is 0.633 bits per heavy atom. The van der Waals surface area contributed by atoms with Crippen LogP contribution in [-0.4, -0.2) is 60.4 Å². The van der Waals surface area contributed by atoms with Crippen molar-refractivity contribution in [2.45, 2.75) is 123 Å². The maximum atomic E-state index is 12.3. The number of carbonyl (C=O) groups is 5. The van der Waals surface area contributed by atoms with Crippen molar-refractivity contribution in [1.82, 2.24) is 0 Å². The van der Waals surface area contributed by atoms with E-state index in [1.165, 1.54) is 44.9 Å². The van der Waals surface area contributed by atoms with Gasteiger partial charge in [-0.15, -0.1) is 0 Å². The third kappa shape index (κ3) is 7.88. The fourth-order valence-electron chi connectivity index (χ4n) is 9.83. The molecule has 0 amide bonds. The number of cyclic esters (lactones) is 2. The van der Waals surface area contributed by atoms with Gasteiger partial charge in [0, 0.05) is 10.8 Å². The first-order chi connectivity index (χ1) is 23.2. The van der Waals surface area contributed by atoms with Crippen LogP contribution in [0.2, 0.25) is 0 Å². The van der Waals surface area contributed by atoms with E-state index in [0.717, 1.165) is 44.4 Å². The molecule has 0 spiro atoms. The summed E-state index contributed by atoms with van der Waals surface area (Å²) in [5.41, 5.74) is -0.823. The van der Waals surface area contributed by atoms with Crippen molar-refractivity contribution in [3.63, 3.8) is 0 Å². The van der Waals surface area contributed by atoms with Crippen molar-refractivity contribution >= 4 is 29.8 Å². The van der Waals surface area contributed by atoms with Crippen LogP contribution in [0.5, 0.6) is 0 Å². The summed E-state index contributed by atoms with van der Waals surface area (Å²) in [6.07, 6.45) is 17.6. The molecule has 9 fully saturated rings. The van der Waals surface area contributed by atoms with Gasteiger partial charge in [0.05, 0.1) is 17.8 Å². The minimum atomic E-state index is -0.746. The van der Waals surface area contributed by atoms with E-state index in [9.17, 15) is 24.0 Å². The zero-order chi connectivity index (χ0) is 35.1. The minimum absolute atomic E-state index is 0.00231. The first-order valence-electron chi connectivity index (χ1n) is 18.9. The van der Waals surface area contributed by atoms with Gasteiger partial charge in [0.2, 0.25) is 12.2 Å². The SMILES string of the molecule is CC1(C)COC(=O)[C@@H]1OC(=O)C1CC2C=CC1CC2.CC1(C)COC(=O)[C@@H]1OC(=O)C1CC2CCC1CC2.O=C(O)C1CC2CCC1CC2. The fourth-order valence-corrected chi connectivity index (χ4v) is 9.83. The first kappa shape index (κ1) is 35.9. The third-order valence-electron chi connectivity index (χ3n) is 13.1. The molecule has 11 rings (SSSR count). The number of aliphatic carboxylic acids is 1. The number of carboxylic acids is 1. The quantitative estimate of drug-likeness (QED) is 0.200. The van der Waals surface area contributed by atoms with Gasteiger partial charge in [0.25, 0.3) is 0 Å². The largest absolute Gasteiger partial charge is 0.481 e. The molecule has 1 N–H and O–H groups in total. The Kier molecular flexibility index (Phi) is 10.5. The lowest BCUT2D eigenvalue weighted by atomic mass is 9.65. The number of rotatable bonds is 5. The van der Waals surface area contributed by atoms with E-state index in [1.807, 2.05) is 27.7 Å². The Morgan fingerprint density at radius 2 is 1.10 bits per heavy atom. The van der Waals surface area contributed by atoms with E-state index in [0.29, 0.717) is 36.9 Å². The summed E-state index contributed by atoms with van der Waals surface area (Å²) in [5, 5.41) is 8.86. The maximum absolute atomic E-state index is 12.3. The van der Waals surface area contributed by atoms with Gasteiger partial charge in [-0.05, 0) is 93.3 Å². The van der Waals surface area contributed by atoms with Crippen LogP contribution in [0.15, 0.2) is 12.2 Å². The van der Waals surface area contributed by atoms with Crippen molar-refractivity contribution in [2.75, 3.05) is 13.2 Å². The van der Waals surface area contributed by atoms with Gasteiger partial charge >= 0.3 is 29.8 Å². The Morgan fingerprint density at radius 3 is 1.41 bits per heavy atom. The summed E-state index contributed by atoms with van der Waals surface area (Å²) in [5.74, 6) is 1.38. The van der Waals surface area contributed by atoms with E-state index < -0.39 is 35.0 Å². The van der Waals surface area contributed by atoms with Gasteiger partial charge < -0.3 is 24.1 Å². The Labute approximate surface area is 290 Å². The van der Waals surface area contributed by atoms with Gasteiger partial charge in [0.1, 0.15) is 13.2 Å². The Balaban J connectivity index is 0.000000132. The molecule has 0 aromatic carbocycles. The third-order valence-corrected chi connectivity index (χ3v) is 13.1. The molecule has 7 saturated carbocycles. The topological polar surface area (TPSA) is 142 Å². The van der Waals surface area contributed by atoms with E-state index in [4.69, 9.17) is 24.1 Å². The number of fused-ring (bicyclic) bond motifs is 8. The number of allylic oxidation sites excluding steroid dienone is 2. The molecule has 6 bridgehead atoms. The smallest absolute Gasteiger partial charge is 0.348 e. The second-order valence-electron chi connectivity index (χ2n) is 17.6. The second kappa shape index (κ2) is 14.4. The lowest BCUT2D eigenvalue weighted by Gasteiger charge is -2.41. The average Bonchev–Trinajstić information content (AvgIpc) is 3.53. The summed E-state index contributed by atoms with van der Waals surface area (Å²) < 4.78 is 21.0. The minimum Gasteiger partial charge on any atom is -0.481 e. The highest BCUT2D eigenvalue weighted by molar-refractivity contribution is 5.83.